The highest BCUT2D eigenvalue weighted by Gasteiger charge is 2.32. The van der Waals surface area contributed by atoms with Crippen molar-refractivity contribution in [2.24, 2.45) is 0 Å². The minimum absolute atomic E-state index is 0.0793. The van der Waals surface area contributed by atoms with Gasteiger partial charge in [-0.2, -0.15) is 0 Å². The first-order valence-electron chi connectivity index (χ1n) is 9.30. The van der Waals surface area contributed by atoms with E-state index in [0.717, 1.165) is 24.0 Å². The first-order valence-corrected chi connectivity index (χ1v) is 9.30. The highest BCUT2D eigenvalue weighted by atomic mass is 16.2. The van der Waals surface area contributed by atoms with Crippen LogP contribution in [0.2, 0.25) is 0 Å². The van der Waals surface area contributed by atoms with Gasteiger partial charge in [-0.05, 0) is 49.9 Å². The average molecular weight is 365 g/mol. The number of hydrogen-bond acceptors (Lipinski definition) is 2. The van der Waals surface area contributed by atoms with E-state index in [4.69, 9.17) is 0 Å². The number of rotatable bonds is 5. The number of carbonyl (C=O) groups is 2. The van der Waals surface area contributed by atoms with Crippen LogP contribution in [-0.2, 0) is 6.54 Å². The molecule has 142 valence electrons. The number of aryl methyl sites for hydroxylation is 2. The summed E-state index contributed by atoms with van der Waals surface area (Å²) in [6, 6.07) is 13.8. The molecule has 1 fully saturated rings. The van der Waals surface area contributed by atoms with Crippen LogP contribution in [0.1, 0.15) is 39.9 Å². The number of anilines is 1. The monoisotopic (exact) mass is 365 g/mol. The summed E-state index contributed by atoms with van der Waals surface area (Å²) < 4.78 is 0. The Hall–Kier alpha value is -2.82. The second kappa shape index (κ2) is 7.82. The van der Waals surface area contributed by atoms with Crippen LogP contribution in [0.15, 0.2) is 42.5 Å². The van der Waals surface area contributed by atoms with E-state index < -0.39 is 0 Å². The van der Waals surface area contributed by atoms with Gasteiger partial charge in [0.15, 0.2) is 0 Å². The minimum Gasteiger partial charge on any atom is -0.345 e. The topological polar surface area (TPSA) is 52.7 Å². The zero-order valence-electron chi connectivity index (χ0n) is 16.5. The molecular weight excluding hydrogens is 338 g/mol. The maximum Gasteiger partial charge on any atom is 0.322 e. The van der Waals surface area contributed by atoms with Crippen LogP contribution >= 0.6 is 0 Å². The molecule has 1 aliphatic rings. The Morgan fingerprint density at radius 1 is 1.07 bits per heavy atom. The van der Waals surface area contributed by atoms with Gasteiger partial charge in [0.2, 0.25) is 0 Å². The fourth-order valence-corrected chi connectivity index (χ4v) is 3.10. The first-order chi connectivity index (χ1) is 12.8. The molecule has 2 aromatic carbocycles. The third kappa shape index (κ3) is 4.67. The molecule has 0 unspecified atom stereocenters. The Labute approximate surface area is 161 Å². The van der Waals surface area contributed by atoms with E-state index in [0.29, 0.717) is 17.8 Å². The second-order valence-corrected chi connectivity index (χ2v) is 7.51. The summed E-state index contributed by atoms with van der Waals surface area (Å²) in [5.74, 6) is -0.0793. The number of benzene rings is 2. The highest BCUT2D eigenvalue weighted by Crippen LogP contribution is 2.29. The van der Waals surface area contributed by atoms with E-state index >= 15 is 0 Å². The molecule has 2 aromatic rings. The highest BCUT2D eigenvalue weighted by molar-refractivity contribution is 5.97. The fraction of sp³-hybridized carbons (Fsp3) is 0.364. The van der Waals surface area contributed by atoms with E-state index in [1.54, 1.807) is 26.2 Å². The van der Waals surface area contributed by atoms with Crippen LogP contribution in [0.5, 0.6) is 0 Å². The number of carbonyl (C=O) groups excluding carboxylic acids is 2. The van der Waals surface area contributed by atoms with Crippen molar-refractivity contribution in [3.05, 3.63) is 64.7 Å². The summed E-state index contributed by atoms with van der Waals surface area (Å²) in [4.78, 5) is 28.6. The van der Waals surface area contributed by atoms with E-state index in [1.165, 1.54) is 10.5 Å². The molecule has 0 aromatic heterocycles. The molecule has 0 radical (unpaired) electrons. The normalized spacial score (nSPS) is 13.2. The van der Waals surface area contributed by atoms with Gasteiger partial charge in [-0.3, -0.25) is 4.79 Å². The van der Waals surface area contributed by atoms with Gasteiger partial charge >= 0.3 is 6.03 Å². The second-order valence-electron chi connectivity index (χ2n) is 7.51. The Balaban J connectivity index is 1.78. The number of urea groups is 1. The van der Waals surface area contributed by atoms with Crippen molar-refractivity contribution >= 4 is 17.6 Å². The Bertz CT molecular complexity index is 856. The van der Waals surface area contributed by atoms with E-state index in [2.05, 4.69) is 30.4 Å². The molecule has 0 spiro atoms. The average Bonchev–Trinajstić information content (AvgIpc) is 3.45. The molecule has 27 heavy (non-hydrogen) atoms. The molecule has 0 heterocycles. The summed E-state index contributed by atoms with van der Waals surface area (Å²) in [5.41, 5.74) is 4.50. The lowest BCUT2D eigenvalue weighted by Crippen LogP contribution is -2.36. The van der Waals surface area contributed by atoms with Crippen molar-refractivity contribution in [1.82, 2.24) is 9.80 Å². The molecule has 0 atom stereocenters. The fourth-order valence-electron chi connectivity index (χ4n) is 3.10. The van der Waals surface area contributed by atoms with Crippen molar-refractivity contribution in [1.29, 1.82) is 0 Å². The predicted octanol–water partition coefficient (Wildman–Crippen LogP) is 4.20. The molecule has 3 rings (SSSR count). The van der Waals surface area contributed by atoms with E-state index in [9.17, 15) is 9.59 Å². The zero-order chi connectivity index (χ0) is 19.6. The van der Waals surface area contributed by atoms with Crippen LogP contribution in [0, 0.1) is 13.8 Å². The van der Waals surface area contributed by atoms with Crippen molar-refractivity contribution in [2.45, 2.75) is 39.3 Å². The maximum absolute atomic E-state index is 13.0. The molecular formula is C22H27N3O2. The Kier molecular flexibility index (Phi) is 5.49. The number of nitrogens with one attached hydrogen (secondary N) is 1. The lowest BCUT2D eigenvalue weighted by Gasteiger charge is -2.24. The Morgan fingerprint density at radius 3 is 2.44 bits per heavy atom. The quantitative estimate of drug-likeness (QED) is 0.863. The lowest BCUT2D eigenvalue weighted by molar-refractivity contribution is 0.0827. The number of nitrogens with zero attached hydrogens (tertiary/aromatic N) is 2. The summed E-state index contributed by atoms with van der Waals surface area (Å²) in [5, 5.41) is 3.02. The van der Waals surface area contributed by atoms with Gasteiger partial charge in [-0.15, -0.1) is 0 Å². The van der Waals surface area contributed by atoms with Crippen LogP contribution in [-0.4, -0.2) is 41.9 Å². The summed E-state index contributed by atoms with van der Waals surface area (Å²) in [7, 11) is 3.44. The molecule has 5 heteroatoms. The van der Waals surface area contributed by atoms with Crippen LogP contribution in [0.3, 0.4) is 0 Å². The van der Waals surface area contributed by atoms with E-state index in [1.807, 2.05) is 24.0 Å². The van der Waals surface area contributed by atoms with Gasteiger partial charge in [-0.25, -0.2) is 4.79 Å². The van der Waals surface area contributed by atoms with Gasteiger partial charge in [0.05, 0.1) is 0 Å². The van der Waals surface area contributed by atoms with Crippen molar-refractivity contribution in [3.63, 3.8) is 0 Å². The van der Waals surface area contributed by atoms with Crippen LogP contribution in [0.4, 0.5) is 10.5 Å². The molecule has 1 saturated carbocycles. The van der Waals surface area contributed by atoms with Gasteiger partial charge in [-0.1, -0.05) is 35.9 Å². The van der Waals surface area contributed by atoms with Gasteiger partial charge in [0.25, 0.3) is 5.91 Å². The molecule has 1 N–H and O–H groups in total. The Morgan fingerprint density at radius 2 is 1.81 bits per heavy atom. The van der Waals surface area contributed by atoms with Crippen molar-refractivity contribution in [2.75, 3.05) is 19.4 Å². The van der Waals surface area contributed by atoms with Gasteiger partial charge in [0.1, 0.15) is 0 Å². The first kappa shape index (κ1) is 19.0. The van der Waals surface area contributed by atoms with Crippen LogP contribution < -0.4 is 5.32 Å². The van der Waals surface area contributed by atoms with Crippen molar-refractivity contribution in [3.8, 4) is 0 Å². The number of amides is 3. The van der Waals surface area contributed by atoms with E-state index in [-0.39, 0.29) is 18.0 Å². The standard InChI is InChI=1S/C22H27N3O2/c1-15-6-5-7-17(12-15)14-25(19-10-11-19)22(27)23-20-13-18(9-8-16(20)2)21(26)24(3)4/h5-9,12-13,19H,10-11,14H2,1-4H3,(H,23,27). The summed E-state index contributed by atoms with van der Waals surface area (Å²) in [6.45, 7) is 4.58. The smallest absolute Gasteiger partial charge is 0.322 e. The maximum atomic E-state index is 13.0. The summed E-state index contributed by atoms with van der Waals surface area (Å²) >= 11 is 0. The number of hydrogen-bond donors (Lipinski definition) is 1. The summed E-state index contributed by atoms with van der Waals surface area (Å²) in [6.07, 6.45) is 2.08. The van der Waals surface area contributed by atoms with Crippen molar-refractivity contribution < 1.29 is 9.59 Å². The lowest BCUT2D eigenvalue weighted by atomic mass is 10.1. The molecule has 3 amide bonds. The minimum atomic E-state index is -0.114. The third-order valence-electron chi connectivity index (χ3n) is 4.82. The van der Waals surface area contributed by atoms with Gasteiger partial charge < -0.3 is 15.1 Å². The molecule has 0 aliphatic heterocycles. The zero-order valence-corrected chi connectivity index (χ0v) is 16.5. The van der Waals surface area contributed by atoms with Gasteiger partial charge in [0, 0.05) is 37.9 Å². The SMILES string of the molecule is Cc1cccc(CN(C(=O)Nc2cc(C(=O)N(C)C)ccc2C)C2CC2)c1. The van der Waals surface area contributed by atoms with Crippen LogP contribution in [0.25, 0.3) is 0 Å². The molecule has 5 nitrogen and oxygen atoms in total. The molecule has 1 aliphatic carbocycles. The molecule has 0 bridgehead atoms. The predicted molar refractivity (Wildman–Crippen MR) is 108 cm³/mol. The largest absolute Gasteiger partial charge is 0.345 e. The molecule has 0 saturated heterocycles. The third-order valence-corrected chi connectivity index (χ3v) is 4.82.